The van der Waals surface area contributed by atoms with Crippen molar-refractivity contribution in [1.82, 2.24) is 0 Å². The Morgan fingerprint density at radius 3 is 2.83 bits per heavy atom. The van der Waals surface area contributed by atoms with Gasteiger partial charge in [0, 0.05) is 13.1 Å². The van der Waals surface area contributed by atoms with Gasteiger partial charge in [0.2, 0.25) is 11.0 Å². The van der Waals surface area contributed by atoms with Crippen LogP contribution in [0.3, 0.4) is 0 Å². The maximum Gasteiger partial charge on any atom is 0.230 e. The van der Waals surface area contributed by atoms with Gasteiger partial charge in [-0.25, -0.2) is 0 Å². The SMILES string of the molecule is CCCN(CCO)c1cc(=O)c2occ(Br)c2o1. The molecule has 0 aromatic carbocycles. The van der Waals surface area contributed by atoms with Crippen LogP contribution in [-0.4, -0.2) is 24.8 Å². The number of hydrogen-bond donors (Lipinski definition) is 1. The van der Waals surface area contributed by atoms with Gasteiger partial charge in [-0.05, 0) is 22.4 Å². The molecule has 0 aliphatic heterocycles. The second kappa shape index (κ2) is 5.58. The lowest BCUT2D eigenvalue weighted by atomic mass is 10.3. The molecule has 18 heavy (non-hydrogen) atoms. The molecule has 0 aliphatic rings. The lowest BCUT2D eigenvalue weighted by molar-refractivity contribution is 0.299. The number of aliphatic hydroxyl groups excluding tert-OH is 1. The molecule has 0 spiro atoms. The first kappa shape index (κ1) is 13.2. The number of anilines is 1. The molecule has 0 atom stereocenters. The summed E-state index contributed by atoms with van der Waals surface area (Å²) in [5, 5.41) is 9.03. The molecule has 0 amide bonds. The summed E-state index contributed by atoms with van der Waals surface area (Å²) < 4.78 is 11.4. The minimum Gasteiger partial charge on any atom is -0.456 e. The monoisotopic (exact) mass is 315 g/mol. The zero-order chi connectivity index (χ0) is 13.1. The van der Waals surface area contributed by atoms with E-state index in [4.69, 9.17) is 13.9 Å². The van der Waals surface area contributed by atoms with Crippen LogP contribution in [0.4, 0.5) is 5.88 Å². The second-order valence-electron chi connectivity index (χ2n) is 3.90. The molecule has 2 heterocycles. The predicted molar refractivity (Wildman–Crippen MR) is 72.0 cm³/mol. The van der Waals surface area contributed by atoms with Gasteiger partial charge in [-0.3, -0.25) is 4.79 Å². The smallest absolute Gasteiger partial charge is 0.230 e. The molecule has 2 rings (SSSR count). The lowest BCUT2D eigenvalue weighted by Gasteiger charge is -2.20. The van der Waals surface area contributed by atoms with Crippen LogP contribution in [0.1, 0.15) is 13.3 Å². The van der Waals surface area contributed by atoms with Crippen LogP contribution in [0.25, 0.3) is 11.2 Å². The normalized spacial score (nSPS) is 11.1. The van der Waals surface area contributed by atoms with Gasteiger partial charge in [0.05, 0.1) is 17.1 Å². The molecule has 2 aromatic heterocycles. The van der Waals surface area contributed by atoms with E-state index >= 15 is 0 Å². The molecule has 0 fully saturated rings. The summed E-state index contributed by atoms with van der Waals surface area (Å²) in [7, 11) is 0. The van der Waals surface area contributed by atoms with Crippen LogP contribution in [0.5, 0.6) is 0 Å². The highest BCUT2D eigenvalue weighted by atomic mass is 79.9. The minimum absolute atomic E-state index is 0.00824. The molecule has 0 radical (unpaired) electrons. The summed E-state index contributed by atoms with van der Waals surface area (Å²) in [4.78, 5) is 13.7. The van der Waals surface area contributed by atoms with Crippen molar-refractivity contribution in [3.05, 3.63) is 27.0 Å². The number of halogens is 1. The molecule has 98 valence electrons. The van der Waals surface area contributed by atoms with E-state index in [9.17, 15) is 4.79 Å². The summed E-state index contributed by atoms with van der Waals surface area (Å²) in [5.41, 5.74) is 0.374. The molecule has 0 saturated carbocycles. The fraction of sp³-hybridized carbons (Fsp3) is 0.417. The van der Waals surface area contributed by atoms with E-state index in [1.54, 1.807) is 0 Å². The van der Waals surface area contributed by atoms with Gasteiger partial charge >= 0.3 is 0 Å². The minimum atomic E-state index is -0.226. The van der Waals surface area contributed by atoms with E-state index in [2.05, 4.69) is 15.9 Å². The Morgan fingerprint density at radius 1 is 1.39 bits per heavy atom. The molecule has 0 saturated heterocycles. The van der Waals surface area contributed by atoms with Crippen LogP contribution >= 0.6 is 15.9 Å². The Kier molecular flexibility index (Phi) is 4.08. The maximum atomic E-state index is 11.9. The lowest BCUT2D eigenvalue weighted by Crippen LogP contribution is -2.28. The number of rotatable bonds is 5. The van der Waals surface area contributed by atoms with E-state index in [1.807, 2.05) is 11.8 Å². The average Bonchev–Trinajstić information content (AvgIpc) is 2.72. The number of furan rings is 1. The highest BCUT2D eigenvalue weighted by Gasteiger charge is 2.15. The first-order valence-corrected chi connectivity index (χ1v) is 6.53. The summed E-state index contributed by atoms with van der Waals surface area (Å²) in [6.45, 7) is 3.17. The van der Waals surface area contributed by atoms with Crippen LogP contribution in [-0.2, 0) is 0 Å². The quantitative estimate of drug-likeness (QED) is 0.917. The van der Waals surface area contributed by atoms with Gasteiger partial charge < -0.3 is 18.8 Å². The summed E-state index contributed by atoms with van der Waals surface area (Å²) >= 11 is 3.27. The average molecular weight is 316 g/mol. The first-order valence-electron chi connectivity index (χ1n) is 5.74. The van der Waals surface area contributed by atoms with Crippen LogP contribution in [0.2, 0.25) is 0 Å². The number of nitrogens with zero attached hydrogens (tertiary/aromatic N) is 1. The molecular weight excluding hydrogens is 302 g/mol. The van der Waals surface area contributed by atoms with E-state index < -0.39 is 0 Å². The van der Waals surface area contributed by atoms with Crippen molar-refractivity contribution >= 4 is 33.0 Å². The fourth-order valence-electron chi connectivity index (χ4n) is 1.78. The van der Waals surface area contributed by atoms with E-state index in [1.165, 1.54) is 12.3 Å². The third-order valence-corrected chi connectivity index (χ3v) is 3.11. The van der Waals surface area contributed by atoms with Crippen molar-refractivity contribution in [2.24, 2.45) is 0 Å². The van der Waals surface area contributed by atoms with Crippen molar-refractivity contribution in [1.29, 1.82) is 0 Å². The highest BCUT2D eigenvalue weighted by molar-refractivity contribution is 9.10. The Labute approximate surface area is 112 Å². The summed E-state index contributed by atoms with van der Waals surface area (Å²) in [6, 6.07) is 1.39. The number of aliphatic hydroxyl groups is 1. The summed E-state index contributed by atoms with van der Waals surface area (Å²) in [6.07, 6.45) is 2.32. The molecule has 1 N–H and O–H groups in total. The molecule has 6 heteroatoms. The van der Waals surface area contributed by atoms with Crippen molar-refractivity contribution in [3.63, 3.8) is 0 Å². The van der Waals surface area contributed by atoms with Crippen molar-refractivity contribution in [2.45, 2.75) is 13.3 Å². The third-order valence-electron chi connectivity index (χ3n) is 2.56. The number of fused-ring (bicyclic) bond motifs is 1. The molecule has 5 nitrogen and oxygen atoms in total. The standard InChI is InChI=1S/C12H14BrNO4/c1-2-3-14(4-5-15)10-6-9(16)12-11(18-10)8(13)7-17-12/h6-7,15H,2-5H2,1H3. The van der Waals surface area contributed by atoms with Crippen LogP contribution in [0, 0.1) is 0 Å². The van der Waals surface area contributed by atoms with Crippen LogP contribution < -0.4 is 10.3 Å². The van der Waals surface area contributed by atoms with Gasteiger partial charge in [-0.15, -0.1) is 0 Å². The van der Waals surface area contributed by atoms with Gasteiger partial charge in [-0.1, -0.05) is 6.92 Å². The zero-order valence-electron chi connectivity index (χ0n) is 9.98. The first-order chi connectivity index (χ1) is 8.67. The van der Waals surface area contributed by atoms with Gasteiger partial charge in [-0.2, -0.15) is 0 Å². The van der Waals surface area contributed by atoms with E-state index in [0.29, 0.717) is 29.0 Å². The topological polar surface area (TPSA) is 66.8 Å². The Bertz CT molecular complexity index is 583. The van der Waals surface area contributed by atoms with Crippen molar-refractivity contribution in [2.75, 3.05) is 24.6 Å². The van der Waals surface area contributed by atoms with Gasteiger partial charge in [0.25, 0.3) is 0 Å². The van der Waals surface area contributed by atoms with Crippen molar-refractivity contribution < 1.29 is 13.9 Å². The molecule has 2 aromatic rings. The molecule has 0 bridgehead atoms. The molecular formula is C12H14BrNO4. The van der Waals surface area contributed by atoms with Gasteiger partial charge in [0.15, 0.2) is 11.5 Å². The Hall–Kier alpha value is -1.27. The van der Waals surface area contributed by atoms with E-state index in [0.717, 1.165) is 6.42 Å². The second-order valence-corrected chi connectivity index (χ2v) is 4.76. The van der Waals surface area contributed by atoms with Gasteiger partial charge in [0.1, 0.15) is 6.26 Å². The summed E-state index contributed by atoms with van der Waals surface area (Å²) in [5.74, 6) is 0.450. The third kappa shape index (κ3) is 2.44. The number of hydrogen-bond acceptors (Lipinski definition) is 5. The molecule has 0 unspecified atom stereocenters. The van der Waals surface area contributed by atoms with Crippen molar-refractivity contribution in [3.8, 4) is 0 Å². The highest BCUT2D eigenvalue weighted by Crippen LogP contribution is 2.27. The van der Waals surface area contributed by atoms with Crippen LogP contribution in [0.15, 0.2) is 30.4 Å². The maximum absolute atomic E-state index is 11.9. The Morgan fingerprint density at radius 2 is 2.17 bits per heavy atom. The predicted octanol–water partition coefficient (Wildman–Crippen LogP) is 2.36. The largest absolute Gasteiger partial charge is 0.456 e. The fourth-order valence-corrected chi connectivity index (χ4v) is 2.14. The Balaban J connectivity index is 2.49. The molecule has 0 aliphatic carbocycles. The van der Waals surface area contributed by atoms with E-state index in [-0.39, 0.29) is 17.6 Å². The zero-order valence-corrected chi connectivity index (χ0v) is 11.6.